The maximum absolute atomic E-state index is 14.0. The Balaban J connectivity index is 2.06. The summed E-state index contributed by atoms with van der Waals surface area (Å²) in [6, 6.07) is 6.71. The van der Waals surface area contributed by atoms with E-state index in [1.807, 2.05) is 18.4 Å². The van der Waals surface area contributed by atoms with Crippen molar-refractivity contribution in [2.45, 2.75) is 6.92 Å². The molecule has 108 valence electrons. The van der Waals surface area contributed by atoms with Gasteiger partial charge in [0.2, 0.25) is 5.95 Å². The number of halogens is 2. The van der Waals surface area contributed by atoms with Gasteiger partial charge in [-0.05, 0) is 30.5 Å². The predicted octanol–water partition coefficient (Wildman–Crippen LogP) is 4.66. The molecule has 0 saturated heterocycles. The van der Waals surface area contributed by atoms with Gasteiger partial charge in [-0.25, -0.2) is 9.37 Å². The Labute approximate surface area is 130 Å². The van der Waals surface area contributed by atoms with Crippen molar-refractivity contribution in [1.82, 2.24) is 9.97 Å². The zero-order valence-corrected chi connectivity index (χ0v) is 12.7. The normalized spacial score (nSPS) is 10.8. The van der Waals surface area contributed by atoms with Crippen LogP contribution in [-0.4, -0.2) is 16.5 Å². The number of thiophene rings is 1. The van der Waals surface area contributed by atoms with E-state index in [1.165, 1.54) is 17.4 Å². The number of fused-ring (bicyclic) bond motifs is 1. The fourth-order valence-corrected chi connectivity index (χ4v) is 2.85. The van der Waals surface area contributed by atoms with Gasteiger partial charge in [0.05, 0.1) is 16.1 Å². The summed E-state index contributed by atoms with van der Waals surface area (Å²) >= 11 is 7.31. The van der Waals surface area contributed by atoms with Crippen molar-refractivity contribution < 1.29 is 4.39 Å². The maximum Gasteiger partial charge on any atom is 0.226 e. The topological polar surface area (TPSA) is 49.8 Å². The zero-order valence-electron chi connectivity index (χ0n) is 11.2. The van der Waals surface area contributed by atoms with Crippen molar-refractivity contribution in [3.05, 3.63) is 40.5 Å². The highest BCUT2D eigenvalue weighted by molar-refractivity contribution is 7.16. The molecular weight excluding hydrogens is 311 g/mol. The van der Waals surface area contributed by atoms with E-state index < -0.39 is 5.82 Å². The lowest BCUT2D eigenvalue weighted by molar-refractivity contribution is 0.632. The first-order valence-electron chi connectivity index (χ1n) is 6.39. The van der Waals surface area contributed by atoms with E-state index >= 15 is 0 Å². The summed E-state index contributed by atoms with van der Waals surface area (Å²) in [5.74, 6) is 0.571. The predicted molar refractivity (Wildman–Crippen MR) is 86.3 cm³/mol. The highest BCUT2D eigenvalue weighted by Gasteiger charge is 2.12. The van der Waals surface area contributed by atoms with Crippen LogP contribution in [0.15, 0.2) is 29.6 Å². The van der Waals surface area contributed by atoms with E-state index in [4.69, 9.17) is 11.6 Å². The molecule has 2 heterocycles. The highest BCUT2D eigenvalue weighted by Crippen LogP contribution is 2.31. The van der Waals surface area contributed by atoms with Crippen molar-refractivity contribution in [1.29, 1.82) is 0 Å². The Morgan fingerprint density at radius 3 is 2.95 bits per heavy atom. The van der Waals surface area contributed by atoms with Crippen molar-refractivity contribution in [2.75, 3.05) is 17.2 Å². The van der Waals surface area contributed by atoms with E-state index in [0.717, 1.165) is 10.2 Å². The van der Waals surface area contributed by atoms with Gasteiger partial charge in [-0.3, -0.25) is 0 Å². The molecule has 1 aromatic carbocycles. The molecule has 21 heavy (non-hydrogen) atoms. The van der Waals surface area contributed by atoms with Gasteiger partial charge in [-0.1, -0.05) is 17.7 Å². The minimum atomic E-state index is -0.494. The third-order valence-corrected chi connectivity index (χ3v) is 3.96. The average molecular weight is 323 g/mol. The molecule has 0 bridgehead atoms. The van der Waals surface area contributed by atoms with Gasteiger partial charge >= 0.3 is 0 Å². The molecule has 0 fully saturated rings. The summed E-state index contributed by atoms with van der Waals surface area (Å²) < 4.78 is 14.0. The number of nitrogens with one attached hydrogen (secondary N) is 2. The van der Waals surface area contributed by atoms with Gasteiger partial charge < -0.3 is 10.6 Å². The van der Waals surface area contributed by atoms with Crippen LogP contribution in [0.1, 0.15) is 6.92 Å². The van der Waals surface area contributed by atoms with E-state index in [2.05, 4.69) is 20.6 Å². The molecular formula is C14H12ClFN4S. The van der Waals surface area contributed by atoms with Crippen LogP contribution in [-0.2, 0) is 0 Å². The summed E-state index contributed by atoms with van der Waals surface area (Å²) in [6.07, 6.45) is 0. The van der Waals surface area contributed by atoms with Gasteiger partial charge in [0, 0.05) is 6.54 Å². The molecule has 0 atom stereocenters. The van der Waals surface area contributed by atoms with Crippen molar-refractivity contribution >= 4 is 50.6 Å². The van der Waals surface area contributed by atoms with Gasteiger partial charge in [0.15, 0.2) is 5.82 Å². The quantitative estimate of drug-likeness (QED) is 0.733. The molecule has 0 aliphatic rings. The molecule has 3 rings (SSSR count). The van der Waals surface area contributed by atoms with Crippen LogP contribution >= 0.6 is 22.9 Å². The van der Waals surface area contributed by atoms with E-state index in [-0.39, 0.29) is 10.7 Å². The molecule has 0 radical (unpaired) electrons. The second kappa shape index (κ2) is 5.83. The van der Waals surface area contributed by atoms with Crippen LogP contribution in [0.4, 0.5) is 21.8 Å². The lowest BCUT2D eigenvalue weighted by atomic mass is 10.3. The largest absolute Gasteiger partial charge is 0.354 e. The zero-order chi connectivity index (χ0) is 14.8. The molecule has 0 aliphatic heterocycles. The van der Waals surface area contributed by atoms with Gasteiger partial charge in [0.1, 0.15) is 10.6 Å². The molecule has 7 heteroatoms. The summed E-state index contributed by atoms with van der Waals surface area (Å²) in [4.78, 5) is 9.63. The second-order valence-corrected chi connectivity index (χ2v) is 5.59. The number of rotatable bonds is 4. The van der Waals surface area contributed by atoms with E-state index in [1.54, 1.807) is 12.1 Å². The molecule has 0 spiro atoms. The van der Waals surface area contributed by atoms with Crippen molar-refractivity contribution in [3.8, 4) is 0 Å². The molecule has 4 nitrogen and oxygen atoms in total. The van der Waals surface area contributed by atoms with Gasteiger partial charge in [-0.2, -0.15) is 4.98 Å². The Kier molecular flexibility index (Phi) is 3.90. The van der Waals surface area contributed by atoms with Gasteiger partial charge in [-0.15, -0.1) is 11.3 Å². The minimum Gasteiger partial charge on any atom is -0.354 e. The minimum absolute atomic E-state index is 0.0718. The fourth-order valence-electron chi connectivity index (χ4n) is 1.92. The van der Waals surface area contributed by atoms with Crippen LogP contribution in [0.2, 0.25) is 5.02 Å². The number of aromatic nitrogens is 2. The van der Waals surface area contributed by atoms with Crippen LogP contribution in [0.25, 0.3) is 10.2 Å². The SMILES string of the molecule is CCNc1nc(Nc2cccc(Cl)c2F)c2ccsc2n1. The third kappa shape index (κ3) is 2.77. The van der Waals surface area contributed by atoms with Crippen LogP contribution < -0.4 is 10.6 Å². The van der Waals surface area contributed by atoms with Crippen molar-refractivity contribution in [2.24, 2.45) is 0 Å². The first-order chi connectivity index (χ1) is 10.2. The van der Waals surface area contributed by atoms with Crippen molar-refractivity contribution in [3.63, 3.8) is 0 Å². The molecule has 0 aliphatic carbocycles. The molecule has 0 saturated carbocycles. The third-order valence-electron chi connectivity index (χ3n) is 2.86. The second-order valence-electron chi connectivity index (χ2n) is 4.29. The number of hydrogen-bond donors (Lipinski definition) is 2. The number of nitrogens with zero attached hydrogens (tertiary/aromatic N) is 2. The molecule has 0 unspecified atom stereocenters. The summed E-state index contributed by atoms with van der Waals surface area (Å²) in [5, 5.41) is 8.91. The highest BCUT2D eigenvalue weighted by atomic mass is 35.5. The fraction of sp³-hybridized carbons (Fsp3) is 0.143. The summed E-state index contributed by atoms with van der Waals surface area (Å²) in [5.41, 5.74) is 0.288. The molecule has 2 aromatic heterocycles. The summed E-state index contributed by atoms with van der Waals surface area (Å²) in [6.45, 7) is 2.67. The maximum atomic E-state index is 14.0. The first kappa shape index (κ1) is 14.0. The number of anilines is 3. The van der Waals surface area contributed by atoms with Crippen LogP contribution in [0, 0.1) is 5.82 Å². The molecule has 0 amide bonds. The lowest BCUT2D eigenvalue weighted by Crippen LogP contribution is -2.05. The van der Waals surface area contributed by atoms with Crippen LogP contribution in [0.5, 0.6) is 0 Å². The number of hydrogen-bond acceptors (Lipinski definition) is 5. The average Bonchev–Trinajstić information content (AvgIpc) is 2.93. The van der Waals surface area contributed by atoms with E-state index in [9.17, 15) is 4.39 Å². The van der Waals surface area contributed by atoms with Gasteiger partial charge in [0.25, 0.3) is 0 Å². The standard InChI is InChI=1S/C14H12ClFN4S/c1-2-17-14-19-12(8-6-7-21-13(8)20-14)18-10-5-3-4-9(15)11(10)16/h3-7H,2H2,1H3,(H2,17,18,19,20). The summed E-state index contributed by atoms with van der Waals surface area (Å²) in [7, 11) is 0. The first-order valence-corrected chi connectivity index (χ1v) is 7.65. The number of benzene rings is 1. The lowest BCUT2D eigenvalue weighted by Gasteiger charge is -2.10. The Morgan fingerprint density at radius 2 is 2.14 bits per heavy atom. The van der Waals surface area contributed by atoms with E-state index in [0.29, 0.717) is 18.3 Å². The Hall–Kier alpha value is -1.92. The molecule has 3 aromatic rings. The Morgan fingerprint density at radius 1 is 1.29 bits per heavy atom. The molecule has 2 N–H and O–H groups in total. The van der Waals surface area contributed by atoms with Crippen LogP contribution in [0.3, 0.4) is 0 Å². The monoisotopic (exact) mass is 322 g/mol. The Bertz CT molecular complexity index is 790. The smallest absolute Gasteiger partial charge is 0.226 e.